The number of ether oxygens (including phenoxy) is 1. The van der Waals surface area contributed by atoms with Gasteiger partial charge in [-0.15, -0.1) is 11.3 Å². The van der Waals surface area contributed by atoms with Crippen LogP contribution >= 0.6 is 22.9 Å². The van der Waals surface area contributed by atoms with E-state index in [0.29, 0.717) is 28.0 Å². The Morgan fingerprint density at radius 1 is 1.18 bits per heavy atom. The van der Waals surface area contributed by atoms with E-state index in [4.69, 9.17) is 16.3 Å². The van der Waals surface area contributed by atoms with E-state index in [1.54, 1.807) is 29.6 Å². The quantitative estimate of drug-likeness (QED) is 0.511. The first kappa shape index (κ1) is 26.1. The molecule has 2 aromatic rings. The van der Waals surface area contributed by atoms with Crippen molar-refractivity contribution in [3.8, 4) is 0 Å². The number of halogens is 1. The number of anilines is 1. The van der Waals surface area contributed by atoms with Gasteiger partial charge in [0.1, 0.15) is 6.54 Å². The number of nitrogens with one attached hydrogen (secondary N) is 2. The number of benzene rings is 1. The molecule has 11 heteroatoms. The van der Waals surface area contributed by atoms with E-state index in [-0.39, 0.29) is 36.7 Å². The van der Waals surface area contributed by atoms with Crippen LogP contribution in [0.1, 0.15) is 29.9 Å². The van der Waals surface area contributed by atoms with Crippen LogP contribution in [0.25, 0.3) is 0 Å². The Morgan fingerprint density at radius 3 is 2.56 bits per heavy atom. The van der Waals surface area contributed by atoms with Crippen molar-refractivity contribution in [2.45, 2.75) is 26.3 Å². The van der Waals surface area contributed by atoms with Crippen LogP contribution in [-0.4, -0.2) is 84.5 Å². The third-order valence-electron chi connectivity index (χ3n) is 5.28. The Labute approximate surface area is 208 Å². The number of morpholine rings is 1. The van der Waals surface area contributed by atoms with Crippen molar-refractivity contribution in [3.63, 3.8) is 0 Å². The lowest BCUT2D eigenvalue weighted by Gasteiger charge is -2.26. The van der Waals surface area contributed by atoms with Crippen LogP contribution < -0.4 is 10.6 Å². The standard InChI is InChI=1S/C23H30ClN5O4S/c1-16(2)29(22(32)17-3-5-18(24)6-4-17)14-21(31)27-23-26-19(15-34-23)13-20(30)25-7-8-28-9-11-33-12-10-28/h3-6,15-16H,7-14H2,1-2H3,(H,25,30)(H,26,27,31). The molecule has 2 N–H and O–H groups in total. The average Bonchev–Trinajstić information content (AvgIpc) is 3.24. The van der Waals surface area contributed by atoms with Crippen molar-refractivity contribution < 1.29 is 19.1 Å². The molecule has 0 bridgehead atoms. The molecule has 34 heavy (non-hydrogen) atoms. The second kappa shape index (κ2) is 12.8. The van der Waals surface area contributed by atoms with E-state index >= 15 is 0 Å². The first-order chi connectivity index (χ1) is 16.3. The molecule has 3 amide bonds. The molecule has 1 aromatic carbocycles. The largest absolute Gasteiger partial charge is 0.379 e. The summed E-state index contributed by atoms with van der Waals surface area (Å²) < 4.78 is 5.31. The van der Waals surface area contributed by atoms with Crippen LogP contribution in [0.4, 0.5) is 5.13 Å². The fraction of sp³-hybridized carbons (Fsp3) is 0.478. The lowest BCUT2D eigenvalue weighted by atomic mass is 10.1. The summed E-state index contributed by atoms with van der Waals surface area (Å²) in [6.07, 6.45) is 0.142. The van der Waals surface area contributed by atoms with Gasteiger partial charge in [0.15, 0.2) is 5.13 Å². The maximum atomic E-state index is 12.8. The molecule has 1 aliphatic heterocycles. The maximum Gasteiger partial charge on any atom is 0.254 e. The highest BCUT2D eigenvalue weighted by Gasteiger charge is 2.22. The molecular weight excluding hydrogens is 478 g/mol. The van der Waals surface area contributed by atoms with Crippen molar-refractivity contribution in [1.29, 1.82) is 0 Å². The van der Waals surface area contributed by atoms with E-state index in [0.717, 1.165) is 32.8 Å². The Morgan fingerprint density at radius 2 is 1.88 bits per heavy atom. The van der Waals surface area contributed by atoms with E-state index in [9.17, 15) is 14.4 Å². The molecule has 0 unspecified atom stereocenters. The molecule has 0 aliphatic carbocycles. The number of hydrogen-bond acceptors (Lipinski definition) is 7. The Hall–Kier alpha value is -2.53. The normalized spacial score (nSPS) is 14.1. The van der Waals surface area contributed by atoms with Crippen molar-refractivity contribution in [2.75, 3.05) is 51.3 Å². The van der Waals surface area contributed by atoms with Gasteiger partial charge < -0.3 is 20.3 Å². The molecule has 9 nitrogen and oxygen atoms in total. The van der Waals surface area contributed by atoms with Crippen LogP contribution in [0.2, 0.25) is 5.02 Å². The number of amides is 3. The van der Waals surface area contributed by atoms with Crippen LogP contribution in [0, 0.1) is 0 Å². The maximum absolute atomic E-state index is 12.8. The molecule has 3 rings (SSSR count). The van der Waals surface area contributed by atoms with Crippen LogP contribution in [0.5, 0.6) is 0 Å². The number of carbonyl (C=O) groups excluding carboxylic acids is 3. The summed E-state index contributed by atoms with van der Waals surface area (Å²) >= 11 is 7.14. The van der Waals surface area contributed by atoms with Gasteiger partial charge in [-0.2, -0.15) is 0 Å². The lowest BCUT2D eigenvalue weighted by Crippen LogP contribution is -2.42. The minimum atomic E-state index is -0.355. The molecule has 0 spiro atoms. The van der Waals surface area contributed by atoms with Gasteiger partial charge in [-0.05, 0) is 38.1 Å². The number of thiazole rings is 1. The van der Waals surface area contributed by atoms with Gasteiger partial charge in [0, 0.05) is 48.2 Å². The topological polar surface area (TPSA) is 104 Å². The minimum absolute atomic E-state index is 0.115. The second-order valence-corrected chi connectivity index (χ2v) is 9.50. The van der Waals surface area contributed by atoms with E-state index in [1.165, 1.54) is 16.2 Å². The SMILES string of the molecule is CC(C)N(CC(=O)Nc1nc(CC(=O)NCCN2CCOCC2)cs1)C(=O)c1ccc(Cl)cc1. The van der Waals surface area contributed by atoms with Crippen LogP contribution in [0.3, 0.4) is 0 Å². The highest BCUT2D eigenvalue weighted by molar-refractivity contribution is 7.13. The highest BCUT2D eigenvalue weighted by atomic mass is 35.5. The summed E-state index contributed by atoms with van der Waals surface area (Å²) in [5, 5.41) is 8.30. The predicted octanol–water partition coefficient (Wildman–Crippen LogP) is 2.28. The zero-order valence-electron chi connectivity index (χ0n) is 19.4. The summed E-state index contributed by atoms with van der Waals surface area (Å²) in [5.74, 6) is -0.724. The van der Waals surface area contributed by atoms with Gasteiger partial charge in [0.2, 0.25) is 11.8 Å². The van der Waals surface area contributed by atoms with Gasteiger partial charge in [-0.1, -0.05) is 11.6 Å². The molecule has 2 heterocycles. The number of aromatic nitrogens is 1. The zero-order chi connectivity index (χ0) is 24.5. The number of carbonyl (C=O) groups is 3. The summed E-state index contributed by atoms with van der Waals surface area (Å²) in [5.41, 5.74) is 1.05. The Balaban J connectivity index is 1.46. The molecule has 0 saturated carbocycles. The number of hydrogen-bond donors (Lipinski definition) is 2. The summed E-state index contributed by atoms with van der Waals surface area (Å²) in [7, 11) is 0. The summed E-state index contributed by atoms with van der Waals surface area (Å²) in [6, 6.07) is 6.38. The fourth-order valence-corrected chi connectivity index (χ4v) is 4.26. The molecule has 1 fully saturated rings. The van der Waals surface area contributed by atoms with Gasteiger partial charge in [0.05, 0.1) is 25.3 Å². The molecule has 1 aromatic heterocycles. The fourth-order valence-electron chi connectivity index (χ4n) is 3.41. The van der Waals surface area contributed by atoms with Crippen molar-refractivity contribution in [2.24, 2.45) is 0 Å². The Kier molecular flexibility index (Phi) is 9.82. The summed E-state index contributed by atoms with van der Waals surface area (Å²) in [6.45, 7) is 8.15. The van der Waals surface area contributed by atoms with Crippen molar-refractivity contribution in [1.82, 2.24) is 20.1 Å². The monoisotopic (exact) mass is 507 g/mol. The Bertz CT molecular complexity index is 976. The first-order valence-electron chi connectivity index (χ1n) is 11.2. The number of rotatable bonds is 10. The predicted molar refractivity (Wildman–Crippen MR) is 132 cm³/mol. The zero-order valence-corrected chi connectivity index (χ0v) is 21.0. The molecule has 184 valence electrons. The average molecular weight is 508 g/mol. The highest BCUT2D eigenvalue weighted by Crippen LogP contribution is 2.17. The molecule has 1 aliphatic rings. The molecule has 0 radical (unpaired) electrons. The van der Waals surface area contributed by atoms with Gasteiger partial charge in [-0.3, -0.25) is 19.3 Å². The van der Waals surface area contributed by atoms with E-state index in [2.05, 4.69) is 20.5 Å². The molecule has 0 atom stereocenters. The molecule has 1 saturated heterocycles. The summed E-state index contributed by atoms with van der Waals surface area (Å²) in [4.78, 5) is 45.7. The van der Waals surface area contributed by atoms with Crippen molar-refractivity contribution in [3.05, 3.63) is 45.9 Å². The van der Waals surface area contributed by atoms with Crippen LogP contribution in [0.15, 0.2) is 29.6 Å². The molecular formula is C23H30ClN5O4S. The third kappa shape index (κ3) is 8.05. The van der Waals surface area contributed by atoms with E-state index in [1.807, 2.05) is 13.8 Å². The number of nitrogens with zero attached hydrogens (tertiary/aromatic N) is 3. The van der Waals surface area contributed by atoms with Gasteiger partial charge in [0.25, 0.3) is 5.91 Å². The lowest BCUT2D eigenvalue weighted by molar-refractivity contribution is -0.120. The second-order valence-electron chi connectivity index (χ2n) is 8.21. The smallest absolute Gasteiger partial charge is 0.254 e. The van der Waals surface area contributed by atoms with Crippen molar-refractivity contribution >= 4 is 45.8 Å². The van der Waals surface area contributed by atoms with Gasteiger partial charge in [-0.25, -0.2) is 4.98 Å². The third-order valence-corrected chi connectivity index (χ3v) is 6.34. The first-order valence-corrected chi connectivity index (χ1v) is 12.4. The van der Waals surface area contributed by atoms with Gasteiger partial charge >= 0.3 is 0 Å². The minimum Gasteiger partial charge on any atom is -0.379 e. The van der Waals surface area contributed by atoms with E-state index < -0.39 is 0 Å². The van der Waals surface area contributed by atoms with Crippen LogP contribution in [-0.2, 0) is 20.7 Å².